The largest absolute Gasteiger partial charge is 0.454 e. The lowest BCUT2D eigenvalue weighted by molar-refractivity contribution is -0.134. The molecule has 1 saturated heterocycles. The monoisotopic (exact) mass is 327 g/mol. The van der Waals surface area contributed by atoms with Crippen molar-refractivity contribution in [1.29, 1.82) is 0 Å². The van der Waals surface area contributed by atoms with E-state index in [4.69, 9.17) is 9.47 Å². The van der Waals surface area contributed by atoms with E-state index in [1.807, 2.05) is 40.9 Å². The minimum atomic E-state index is 0.118. The molecule has 1 aromatic carbocycles. The first-order valence-corrected chi connectivity index (χ1v) is 8.38. The van der Waals surface area contributed by atoms with Crippen LogP contribution in [0.3, 0.4) is 0 Å². The van der Waals surface area contributed by atoms with Gasteiger partial charge in [-0.25, -0.2) is 0 Å². The number of rotatable bonds is 3. The molecule has 1 fully saturated rings. The fourth-order valence-electron chi connectivity index (χ4n) is 3.58. The zero-order chi connectivity index (χ0) is 16.5. The molecule has 0 aliphatic carbocycles. The van der Waals surface area contributed by atoms with Crippen molar-refractivity contribution in [2.24, 2.45) is 7.05 Å². The lowest BCUT2D eigenvalue weighted by atomic mass is 9.98. The molecule has 24 heavy (non-hydrogen) atoms. The predicted molar refractivity (Wildman–Crippen MR) is 87.8 cm³/mol. The predicted octanol–water partition coefficient (Wildman–Crippen LogP) is 2.45. The first kappa shape index (κ1) is 15.1. The van der Waals surface area contributed by atoms with Crippen LogP contribution in [0.5, 0.6) is 11.5 Å². The van der Waals surface area contributed by atoms with E-state index >= 15 is 0 Å². The highest BCUT2D eigenvalue weighted by molar-refractivity contribution is 5.79. The van der Waals surface area contributed by atoms with E-state index in [0.717, 1.165) is 48.6 Å². The third kappa shape index (κ3) is 2.72. The van der Waals surface area contributed by atoms with Crippen molar-refractivity contribution < 1.29 is 14.3 Å². The van der Waals surface area contributed by atoms with Crippen LogP contribution in [0, 0.1) is 0 Å². The molecule has 126 valence electrons. The van der Waals surface area contributed by atoms with E-state index in [1.54, 1.807) is 6.20 Å². The highest BCUT2D eigenvalue weighted by atomic mass is 16.7. The van der Waals surface area contributed by atoms with E-state index < -0.39 is 0 Å². The number of nitrogens with zero attached hydrogens (tertiary/aromatic N) is 3. The minimum absolute atomic E-state index is 0.118. The van der Waals surface area contributed by atoms with Gasteiger partial charge in [-0.05, 0) is 43.0 Å². The normalized spacial score (nSPS) is 19.5. The number of amides is 1. The summed E-state index contributed by atoms with van der Waals surface area (Å²) in [7, 11) is 1.93. The topological polar surface area (TPSA) is 56.6 Å². The molecular weight excluding hydrogens is 306 g/mol. The maximum Gasteiger partial charge on any atom is 0.231 e. The average molecular weight is 327 g/mol. The Morgan fingerprint density at radius 2 is 2.12 bits per heavy atom. The molecule has 6 heteroatoms. The minimum Gasteiger partial charge on any atom is -0.454 e. The second kappa shape index (κ2) is 6.19. The van der Waals surface area contributed by atoms with Gasteiger partial charge in [-0.2, -0.15) is 5.10 Å². The molecule has 0 saturated carbocycles. The summed E-state index contributed by atoms with van der Waals surface area (Å²) in [5.74, 6) is 1.62. The molecule has 3 heterocycles. The molecule has 6 nitrogen and oxygen atoms in total. The Bertz CT molecular complexity index is 756. The summed E-state index contributed by atoms with van der Waals surface area (Å²) in [5, 5.41) is 4.26. The van der Waals surface area contributed by atoms with Gasteiger partial charge in [0.1, 0.15) is 0 Å². The molecule has 1 atom stereocenters. The van der Waals surface area contributed by atoms with Crippen molar-refractivity contribution in [3.05, 3.63) is 41.7 Å². The molecule has 0 bridgehead atoms. The Labute approximate surface area is 141 Å². The van der Waals surface area contributed by atoms with Crippen molar-refractivity contribution in [3.63, 3.8) is 0 Å². The summed E-state index contributed by atoms with van der Waals surface area (Å²) in [6.45, 7) is 1.06. The number of hydrogen-bond acceptors (Lipinski definition) is 4. The SMILES string of the molecule is Cn1nccc1C1CCCCN1C(=O)Cc1ccc2c(c1)OCO2. The number of benzene rings is 1. The Balaban J connectivity index is 1.53. The number of hydrogen-bond donors (Lipinski definition) is 0. The average Bonchev–Trinajstić information content (AvgIpc) is 3.23. The molecular formula is C18H21N3O3. The number of carbonyl (C=O) groups is 1. The van der Waals surface area contributed by atoms with Crippen molar-refractivity contribution in [2.45, 2.75) is 31.7 Å². The summed E-state index contributed by atoms with van der Waals surface area (Å²) < 4.78 is 12.6. The van der Waals surface area contributed by atoms with E-state index in [-0.39, 0.29) is 18.7 Å². The summed E-state index contributed by atoms with van der Waals surface area (Å²) in [6.07, 6.45) is 5.37. The van der Waals surface area contributed by atoms with Crippen LogP contribution in [-0.2, 0) is 18.3 Å². The zero-order valence-electron chi connectivity index (χ0n) is 13.8. The number of piperidine rings is 1. The quantitative estimate of drug-likeness (QED) is 0.869. The van der Waals surface area contributed by atoms with Crippen LogP contribution in [0.1, 0.15) is 36.6 Å². The maximum atomic E-state index is 12.9. The van der Waals surface area contributed by atoms with Gasteiger partial charge in [-0.15, -0.1) is 0 Å². The first-order valence-electron chi connectivity index (χ1n) is 8.38. The summed E-state index contributed by atoms with van der Waals surface area (Å²) in [5.41, 5.74) is 2.06. The fourth-order valence-corrected chi connectivity index (χ4v) is 3.58. The van der Waals surface area contributed by atoms with Gasteiger partial charge in [-0.3, -0.25) is 9.48 Å². The van der Waals surface area contributed by atoms with Crippen molar-refractivity contribution in [2.75, 3.05) is 13.3 Å². The Hall–Kier alpha value is -2.50. The van der Waals surface area contributed by atoms with Crippen LogP contribution in [0.25, 0.3) is 0 Å². The first-order chi connectivity index (χ1) is 11.7. The van der Waals surface area contributed by atoms with E-state index in [9.17, 15) is 4.79 Å². The van der Waals surface area contributed by atoms with Crippen LogP contribution >= 0.6 is 0 Å². The van der Waals surface area contributed by atoms with Crippen LogP contribution in [0.2, 0.25) is 0 Å². The Morgan fingerprint density at radius 3 is 2.96 bits per heavy atom. The standard InChI is InChI=1S/C18H21N3O3/c1-20-14(7-8-19-20)15-4-2-3-9-21(15)18(22)11-13-5-6-16-17(10-13)24-12-23-16/h5-8,10,15H,2-4,9,11-12H2,1H3. The van der Waals surface area contributed by atoms with Crippen LogP contribution < -0.4 is 9.47 Å². The van der Waals surface area contributed by atoms with E-state index in [0.29, 0.717) is 6.42 Å². The van der Waals surface area contributed by atoms with Crippen molar-refractivity contribution in [1.82, 2.24) is 14.7 Å². The molecule has 2 aliphatic rings. The molecule has 0 N–H and O–H groups in total. The van der Waals surface area contributed by atoms with Gasteiger partial charge in [0.15, 0.2) is 11.5 Å². The molecule has 2 aromatic rings. The summed E-state index contributed by atoms with van der Waals surface area (Å²) in [4.78, 5) is 14.9. The molecule has 1 unspecified atom stereocenters. The number of ether oxygens (including phenoxy) is 2. The van der Waals surface area contributed by atoms with Crippen molar-refractivity contribution >= 4 is 5.91 Å². The van der Waals surface area contributed by atoms with Gasteiger partial charge in [0.25, 0.3) is 0 Å². The highest BCUT2D eigenvalue weighted by Gasteiger charge is 2.29. The van der Waals surface area contributed by atoms with E-state index in [2.05, 4.69) is 5.10 Å². The van der Waals surface area contributed by atoms with Crippen LogP contribution in [0.15, 0.2) is 30.5 Å². The van der Waals surface area contributed by atoms with Gasteiger partial charge >= 0.3 is 0 Å². The van der Waals surface area contributed by atoms with Gasteiger partial charge in [0.05, 0.1) is 18.2 Å². The number of carbonyl (C=O) groups excluding carboxylic acids is 1. The Morgan fingerprint density at radius 1 is 1.25 bits per heavy atom. The van der Waals surface area contributed by atoms with E-state index in [1.165, 1.54) is 0 Å². The number of likely N-dealkylation sites (tertiary alicyclic amines) is 1. The maximum absolute atomic E-state index is 12.9. The smallest absolute Gasteiger partial charge is 0.231 e. The third-order valence-corrected chi connectivity index (χ3v) is 4.82. The lowest BCUT2D eigenvalue weighted by Crippen LogP contribution is -2.40. The summed E-state index contributed by atoms with van der Waals surface area (Å²) in [6, 6.07) is 7.85. The molecule has 1 aromatic heterocycles. The zero-order valence-corrected chi connectivity index (χ0v) is 13.8. The van der Waals surface area contributed by atoms with Gasteiger partial charge in [0.2, 0.25) is 12.7 Å². The third-order valence-electron chi connectivity index (χ3n) is 4.82. The number of aromatic nitrogens is 2. The summed E-state index contributed by atoms with van der Waals surface area (Å²) >= 11 is 0. The second-order valence-corrected chi connectivity index (χ2v) is 6.34. The molecule has 0 spiro atoms. The number of fused-ring (bicyclic) bond motifs is 1. The van der Waals surface area contributed by atoms with Crippen LogP contribution in [0.4, 0.5) is 0 Å². The molecule has 1 amide bonds. The van der Waals surface area contributed by atoms with Crippen molar-refractivity contribution in [3.8, 4) is 11.5 Å². The lowest BCUT2D eigenvalue weighted by Gasteiger charge is -2.36. The second-order valence-electron chi connectivity index (χ2n) is 6.34. The van der Waals surface area contributed by atoms with Gasteiger partial charge in [-0.1, -0.05) is 6.07 Å². The molecule has 2 aliphatic heterocycles. The van der Waals surface area contributed by atoms with Gasteiger partial charge in [0, 0.05) is 19.8 Å². The fraction of sp³-hybridized carbons (Fsp3) is 0.444. The molecule has 4 rings (SSSR count). The Kier molecular flexibility index (Phi) is 3.88. The highest BCUT2D eigenvalue weighted by Crippen LogP contribution is 2.34. The van der Waals surface area contributed by atoms with Crippen LogP contribution in [-0.4, -0.2) is 33.9 Å². The number of aryl methyl sites for hydroxylation is 1. The molecule has 0 radical (unpaired) electrons. The van der Waals surface area contributed by atoms with Gasteiger partial charge < -0.3 is 14.4 Å².